The van der Waals surface area contributed by atoms with Gasteiger partial charge in [0.05, 0.1) is 13.2 Å². The quantitative estimate of drug-likeness (QED) is 0.803. The second-order valence-corrected chi connectivity index (χ2v) is 5.06. The third-order valence-corrected chi connectivity index (χ3v) is 3.60. The van der Waals surface area contributed by atoms with Gasteiger partial charge in [0.15, 0.2) is 5.78 Å². The van der Waals surface area contributed by atoms with Gasteiger partial charge in [0.1, 0.15) is 11.5 Å². The molecule has 3 nitrogen and oxygen atoms in total. The minimum absolute atomic E-state index is 0.0337. The summed E-state index contributed by atoms with van der Waals surface area (Å²) < 4.78 is 11.0. The van der Waals surface area contributed by atoms with Crippen LogP contribution in [0.2, 0.25) is 0 Å². The molecule has 0 unspecified atom stereocenters. The van der Waals surface area contributed by atoms with Crippen LogP contribution < -0.4 is 9.47 Å². The highest BCUT2D eigenvalue weighted by Gasteiger charge is 2.15. The molecule has 0 aromatic heterocycles. The lowest BCUT2D eigenvalue weighted by molar-refractivity contribution is 0.103. The first-order valence-corrected chi connectivity index (χ1v) is 7.31. The molecular formula is C18H18O3. The van der Waals surface area contributed by atoms with Crippen LogP contribution in [0.1, 0.15) is 34.8 Å². The number of hydrogen-bond donors (Lipinski definition) is 0. The van der Waals surface area contributed by atoms with Gasteiger partial charge in [-0.2, -0.15) is 0 Å². The maximum atomic E-state index is 12.5. The molecule has 0 saturated heterocycles. The van der Waals surface area contributed by atoms with Crippen molar-refractivity contribution in [3.05, 3.63) is 59.2 Å². The number of fused-ring (bicyclic) bond motifs is 1. The fourth-order valence-electron chi connectivity index (χ4n) is 2.54. The van der Waals surface area contributed by atoms with E-state index in [0.29, 0.717) is 17.7 Å². The maximum Gasteiger partial charge on any atom is 0.193 e. The molecule has 0 aliphatic carbocycles. The predicted molar refractivity (Wildman–Crippen MR) is 81.3 cm³/mol. The van der Waals surface area contributed by atoms with E-state index in [9.17, 15) is 4.79 Å². The first-order valence-electron chi connectivity index (χ1n) is 7.31. The Morgan fingerprint density at radius 2 is 1.90 bits per heavy atom. The van der Waals surface area contributed by atoms with Crippen LogP contribution in [0.3, 0.4) is 0 Å². The van der Waals surface area contributed by atoms with E-state index in [1.807, 2.05) is 49.4 Å². The Labute approximate surface area is 124 Å². The second-order valence-electron chi connectivity index (χ2n) is 5.06. The van der Waals surface area contributed by atoms with Crippen LogP contribution in [0.5, 0.6) is 11.5 Å². The number of carbonyl (C=O) groups excluding carboxylic acids is 1. The number of ketones is 1. The van der Waals surface area contributed by atoms with Crippen LogP contribution in [0.15, 0.2) is 42.5 Å². The van der Waals surface area contributed by atoms with Crippen molar-refractivity contribution in [2.45, 2.75) is 19.8 Å². The molecule has 0 spiro atoms. The molecule has 2 aromatic rings. The molecule has 0 radical (unpaired) electrons. The molecule has 21 heavy (non-hydrogen) atoms. The van der Waals surface area contributed by atoms with E-state index >= 15 is 0 Å². The number of rotatable bonds is 4. The Morgan fingerprint density at radius 3 is 2.67 bits per heavy atom. The summed E-state index contributed by atoms with van der Waals surface area (Å²) >= 11 is 0. The zero-order valence-electron chi connectivity index (χ0n) is 12.1. The van der Waals surface area contributed by atoms with Gasteiger partial charge in [0.25, 0.3) is 0 Å². The van der Waals surface area contributed by atoms with Crippen LogP contribution in [-0.4, -0.2) is 19.0 Å². The number of carbonyl (C=O) groups is 1. The molecule has 0 saturated carbocycles. The van der Waals surface area contributed by atoms with Crippen LogP contribution in [-0.2, 0) is 6.42 Å². The third kappa shape index (κ3) is 2.92. The minimum Gasteiger partial charge on any atom is -0.494 e. The Bertz CT molecular complexity index is 644. The largest absolute Gasteiger partial charge is 0.494 e. The summed E-state index contributed by atoms with van der Waals surface area (Å²) in [5.41, 5.74) is 2.51. The van der Waals surface area contributed by atoms with E-state index in [1.54, 1.807) is 0 Å². The average molecular weight is 282 g/mol. The first-order chi connectivity index (χ1) is 10.3. The van der Waals surface area contributed by atoms with Gasteiger partial charge in [-0.25, -0.2) is 0 Å². The molecule has 0 bridgehead atoms. The van der Waals surface area contributed by atoms with Crippen LogP contribution in [0.4, 0.5) is 0 Å². The lowest BCUT2D eigenvalue weighted by Gasteiger charge is -2.17. The van der Waals surface area contributed by atoms with Crippen molar-refractivity contribution in [2.75, 3.05) is 13.2 Å². The van der Waals surface area contributed by atoms with E-state index < -0.39 is 0 Å². The Hall–Kier alpha value is -2.29. The maximum absolute atomic E-state index is 12.5. The Kier molecular flexibility index (Phi) is 3.91. The Morgan fingerprint density at radius 1 is 1.14 bits per heavy atom. The molecule has 0 amide bonds. The summed E-state index contributed by atoms with van der Waals surface area (Å²) in [5, 5.41) is 0. The van der Waals surface area contributed by atoms with E-state index in [4.69, 9.17) is 9.47 Å². The zero-order chi connectivity index (χ0) is 14.7. The molecule has 1 aliphatic heterocycles. The standard InChI is InChI=1S/C18H18O3/c1-2-20-16-8-5-13(6-9-16)18(19)15-7-10-17-14(12-15)4-3-11-21-17/h5-10,12H,2-4,11H2,1H3. The first kappa shape index (κ1) is 13.7. The summed E-state index contributed by atoms with van der Waals surface area (Å²) in [7, 11) is 0. The molecule has 1 heterocycles. The SMILES string of the molecule is CCOc1ccc(C(=O)c2ccc3c(c2)CCCO3)cc1. The molecule has 1 aliphatic rings. The summed E-state index contributed by atoms with van der Waals surface area (Å²) in [5.74, 6) is 1.73. The van der Waals surface area contributed by atoms with E-state index in [0.717, 1.165) is 36.5 Å². The third-order valence-electron chi connectivity index (χ3n) is 3.60. The smallest absolute Gasteiger partial charge is 0.193 e. The fraction of sp³-hybridized carbons (Fsp3) is 0.278. The fourth-order valence-corrected chi connectivity index (χ4v) is 2.54. The molecule has 2 aromatic carbocycles. The van der Waals surface area contributed by atoms with Gasteiger partial charge >= 0.3 is 0 Å². The van der Waals surface area contributed by atoms with Gasteiger partial charge in [0.2, 0.25) is 0 Å². The van der Waals surface area contributed by atoms with Gasteiger partial charge in [-0.3, -0.25) is 4.79 Å². The highest BCUT2D eigenvalue weighted by Crippen LogP contribution is 2.26. The van der Waals surface area contributed by atoms with Crippen molar-refractivity contribution in [1.29, 1.82) is 0 Å². The van der Waals surface area contributed by atoms with E-state index in [2.05, 4.69) is 0 Å². The van der Waals surface area contributed by atoms with Crippen molar-refractivity contribution in [2.24, 2.45) is 0 Å². The number of benzene rings is 2. The lowest BCUT2D eigenvalue weighted by Crippen LogP contribution is -2.10. The molecule has 108 valence electrons. The molecule has 3 rings (SSSR count). The lowest BCUT2D eigenvalue weighted by atomic mass is 9.98. The Balaban J connectivity index is 1.84. The van der Waals surface area contributed by atoms with E-state index in [-0.39, 0.29) is 5.78 Å². The van der Waals surface area contributed by atoms with Crippen molar-refractivity contribution in [1.82, 2.24) is 0 Å². The monoisotopic (exact) mass is 282 g/mol. The number of aryl methyl sites for hydroxylation is 1. The summed E-state index contributed by atoms with van der Waals surface area (Å²) in [6, 6.07) is 13.0. The van der Waals surface area contributed by atoms with Gasteiger partial charge < -0.3 is 9.47 Å². The van der Waals surface area contributed by atoms with Gasteiger partial charge in [-0.15, -0.1) is 0 Å². The average Bonchev–Trinajstić information content (AvgIpc) is 2.55. The minimum atomic E-state index is 0.0337. The summed E-state index contributed by atoms with van der Waals surface area (Å²) in [6.07, 6.45) is 1.98. The normalized spacial score (nSPS) is 13.2. The van der Waals surface area contributed by atoms with Gasteiger partial charge in [0, 0.05) is 11.1 Å². The van der Waals surface area contributed by atoms with Crippen molar-refractivity contribution in [3.8, 4) is 11.5 Å². The van der Waals surface area contributed by atoms with Crippen LogP contribution in [0.25, 0.3) is 0 Å². The summed E-state index contributed by atoms with van der Waals surface area (Å²) in [6.45, 7) is 3.32. The molecular weight excluding hydrogens is 264 g/mol. The zero-order valence-corrected chi connectivity index (χ0v) is 12.1. The molecule has 0 atom stereocenters. The molecule has 0 fully saturated rings. The second kappa shape index (κ2) is 6.00. The van der Waals surface area contributed by atoms with Crippen molar-refractivity contribution < 1.29 is 14.3 Å². The van der Waals surface area contributed by atoms with Gasteiger partial charge in [-0.1, -0.05) is 0 Å². The van der Waals surface area contributed by atoms with Crippen LogP contribution >= 0.6 is 0 Å². The topological polar surface area (TPSA) is 35.5 Å². The predicted octanol–water partition coefficient (Wildman–Crippen LogP) is 3.64. The van der Waals surface area contributed by atoms with Crippen LogP contribution in [0, 0.1) is 0 Å². The highest BCUT2D eigenvalue weighted by atomic mass is 16.5. The van der Waals surface area contributed by atoms with Crippen molar-refractivity contribution in [3.63, 3.8) is 0 Å². The molecule has 3 heteroatoms. The summed E-state index contributed by atoms with van der Waals surface area (Å²) in [4.78, 5) is 12.5. The van der Waals surface area contributed by atoms with E-state index in [1.165, 1.54) is 0 Å². The number of ether oxygens (including phenoxy) is 2. The van der Waals surface area contributed by atoms with Gasteiger partial charge in [-0.05, 0) is 67.8 Å². The number of hydrogen-bond acceptors (Lipinski definition) is 3. The van der Waals surface area contributed by atoms with Crippen molar-refractivity contribution >= 4 is 5.78 Å². The molecule has 0 N–H and O–H groups in total. The highest BCUT2D eigenvalue weighted by molar-refractivity contribution is 6.09.